The Labute approximate surface area is 341 Å². The number of benzene rings is 10. The Morgan fingerprint density at radius 1 is 0.373 bits per heavy atom. The molecular formula is C56H36N2O. The highest BCUT2D eigenvalue weighted by atomic mass is 16.3. The first-order valence-corrected chi connectivity index (χ1v) is 20.2. The van der Waals surface area contributed by atoms with Crippen LogP contribution in [-0.4, -0.2) is 4.57 Å². The number of rotatable bonds is 6. The molecule has 0 amide bonds. The summed E-state index contributed by atoms with van der Waals surface area (Å²) >= 11 is 0. The maximum absolute atomic E-state index is 6.90. The molecule has 2 aromatic heterocycles. The van der Waals surface area contributed by atoms with Gasteiger partial charge in [-0.1, -0.05) is 164 Å². The normalized spacial score (nSPS) is 11.7. The molecule has 0 N–H and O–H groups in total. The van der Waals surface area contributed by atoms with Gasteiger partial charge in [-0.25, -0.2) is 0 Å². The molecule has 0 atom stereocenters. The van der Waals surface area contributed by atoms with Gasteiger partial charge in [0.15, 0.2) is 5.58 Å². The first-order valence-electron chi connectivity index (χ1n) is 20.2. The predicted molar refractivity (Wildman–Crippen MR) is 249 cm³/mol. The van der Waals surface area contributed by atoms with Crippen molar-refractivity contribution >= 4 is 82.4 Å². The molecular weight excluding hydrogens is 717 g/mol. The molecule has 0 fully saturated rings. The van der Waals surface area contributed by atoms with E-state index in [1.807, 2.05) is 0 Å². The average Bonchev–Trinajstić information content (AvgIpc) is 3.87. The second-order valence-electron chi connectivity index (χ2n) is 15.3. The van der Waals surface area contributed by atoms with Gasteiger partial charge < -0.3 is 13.9 Å². The second kappa shape index (κ2) is 13.4. The molecule has 2 heterocycles. The Morgan fingerprint density at radius 2 is 0.966 bits per heavy atom. The zero-order valence-electron chi connectivity index (χ0n) is 32.1. The highest BCUT2D eigenvalue weighted by Gasteiger charge is 2.23. The Morgan fingerprint density at radius 3 is 1.71 bits per heavy atom. The van der Waals surface area contributed by atoms with E-state index in [1.54, 1.807) is 0 Å². The van der Waals surface area contributed by atoms with E-state index in [2.05, 4.69) is 228 Å². The van der Waals surface area contributed by atoms with E-state index in [-0.39, 0.29) is 0 Å². The number of anilines is 3. The highest BCUT2D eigenvalue weighted by molar-refractivity contribution is 6.23. The molecule has 0 bridgehead atoms. The Bertz CT molecular complexity index is 3540. The lowest BCUT2D eigenvalue weighted by molar-refractivity contribution is 0.669. The first kappa shape index (κ1) is 33.3. The molecule has 0 saturated carbocycles. The number of aromatic nitrogens is 1. The molecule has 12 rings (SSSR count). The first-order chi connectivity index (χ1) is 29.3. The van der Waals surface area contributed by atoms with Crippen LogP contribution in [0.3, 0.4) is 0 Å². The zero-order valence-corrected chi connectivity index (χ0v) is 32.1. The maximum Gasteiger partial charge on any atom is 0.159 e. The van der Waals surface area contributed by atoms with Crippen LogP contribution in [-0.2, 0) is 0 Å². The minimum atomic E-state index is 0.854. The van der Waals surface area contributed by atoms with Crippen LogP contribution >= 0.6 is 0 Å². The average molecular weight is 753 g/mol. The molecule has 0 unspecified atom stereocenters. The second-order valence-corrected chi connectivity index (χ2v) is 15.3. The molecule has 3 nitrogen and oxygen atoms in total. The van der Waals surface area contributed by atoms with Gasteiger partial charge in [0.1, 0.15) is 5.58 Å². The molecule has 0 saturated heterocycles. The summed E-state index contributed by atoms with van der Waals surface area (Å²) in [6.45, 7) is 0. The van der Waals surface area contributed by atoms with Crippen molar-refractivity contribution < 1.29 is 4.42 Å². The van der Waals surface area contributed by atoms with Gasteiger partial charge in [0.05, 0.1) is 16.7 Å². The summed E-state index contributed by atoms with van der Waals surface area (Å²) in [4.78, 5) is 2.37. The third-order valence-electron chi connectivity index (χ3n) is 12.0. The van der Waals surface area contributed by atoms with Crippen molar-refractivity contribution in [1.82, 2.24) is 4.57 Å². The van der Waals surface area contributed by atoms with Gasteiger partial charge in [-0.3, -0.25) is 0 Å². The molecule has 276 valence electrons. The summed E-state index contributed by atoms with van der Waals surface area (Å²) in [6.07, 6.45) is 0. The summed E-state index contributed by atoms with van der Waals surface area (Å²) in [6, 6.07) is 78.6. The monoisotopic (exact) mass is 752 g/mol. The van der Waals surface area contributed by atoms with Crippen molar-refractivity contribution in [3.05, 3.63) is 218 Å². The minimum Gasteiger partial charge on any atom is -0.454 e. The van der Waals surface area contributed by atoms with Crippen molar-refractivity contribution in [1.29, 1.82) is 0 Å². The Balaban J connectivity index is 1.11. The molecule has 0 spiro atoms. The van der Waals surface area contributed by atoms with Gasteiger partial charge in [0.25, 0.3) is 0 Å². The molecule has 59 heavy (non-hydrogen) atoms. The summed E-state index contributed by atoms with van der Waals surface area (Å²) in [5.41, 5.74) is 13.0. The Hall–Kier alpha value is -7.88. The van der Waals surface area contributed by atoms with E-state index in [1.165, 1.54) is 54.5 Å². The van der Waals surface area contributed by atoms with Crippen molar-refractivity contribution in [3.8, 4) is 27.9 Å². The minimum absolute atomic E-state index is 0.854. The number of nitrogens with zero attached hydrogens (tertiary/aromatic N) is 2. The van der Waals surface area contributed by atoms with Crippen LogP contribution in [0, 0.1) is 0 Å². The standard InChI is InChI=1S/C56H36N2O/c1-3-14-37(15-4-1)44-20-11-12-21-45(44)40-26-30-42(31-27-40)57(51-25-13-24-49-55-47-23-10-8-17-39(47)29-35-53(55)59-56(49)51)43-32-33-48-52(36-43)58(41-18-5-2-6-19-41)50-34-28-38-16-7-9-22-46(38)54(48)50/h1-36H. The number of hydrogen-bond acceptors (Lipinski definition) is 2. The smallest absolute Gasteiger partial charge is 0.159 e. The van der Waals surface area contributed by atoms with Crippen LogP contribution in [0.1, 0.15) is 0 Å². The van der Waals surface area contributed by atoms with E-state index in [0.717, 1.165) is 55.8 Å². The van der Waals surface area contributed by atoms with Gasteiger partial charge in [0.2, 0.25) is 0 Å². The molecule has 0 radical (unpaired) electrons. The summed E-state index contributed by atoms with van der Waals surface area (Å²) in [5.74, 6) is 0. The van der Waals surface area contributed by atoms with E-state index >= 15 is 0 Å². The van der Waals surface area contributed by atoms with Crippen LogP contribution in [0.25, 0.3) is 93.2 Å². The van der Waals surface area contributed by atoms with Crippen LogP contribution in [0.4, 0.5) is 17.1 Å². The summed E-state index contributed by atoms with van der Waals surface area (Å²) in [7, 11) is 0. The van der Waals surface area contributed by atoms with Gasteiger partial charge in [0, 0.05) is 38.6 Å². The molecule has 0 aliphatic heterocycles. The molecule has 0 aliphatic rings. The predicted octanol–water partition coefficient (Wildman–Crippen LogP) is 15.8. The third-order valence-corrected chi connectivity index (χ3v) is 12.0. The van der Waals surface area contributed by atoms with E-state index < -0.39 is 0 Å². The third kappa shape index (κ3) is 5.29. The summed E-state index contributed by atoms with van der Waals surface area (Å²) in [5, 5.41) is 9.57. The van der Waals surface area contributed by atoms with Crippen molar-refractivity contribution in [2.75, 3.05) is 4.90 Å². The molecule has 12 aromatic rings. The number of fused-ring (bicyclic) bond motifs is 10. The Kier molecular flexibility index (Phi) is 7.54. The molecule has 0 aliphatic carbocycles. The fraction of sp³-hybridized carbons (Fsp3) is 0. The van der Waals surface area contributed by atoms with Crippen molar-refractivity contribution in [2.24, 2.45) is 0 Å². The number of para-hydroxylation sites is 2. The van der Waals surface area contributed by atoms with Gasteiger partial charge in [-0.2, -0.15) is 0 Å². The van der Waals surface area contributed by atoms with Crippen LogP contribution < -0.4 is 4.90 Å². The van der Waals surface area contributed by atoms with Gasteiger partial charge >= 0.3 is 0 Å². The van der Waals surface area contributed by atoms with Gasteiger partial charge in [-0.15, -0.1) is 0 Å². The topological polar surface area (TPSA) is 21.3 Å². The SMILES string of the molecule is c1ccc(-c2ccccc2-c2ccc(N(c3ccc4c5c6ccccc6ccc5n(-c5ccccc5)c4c3)c3cccc4c3oc3ccc5ccccc5c34)cc2)cc1. The van der Waals surface area contributed by atoms with E-state index in [9.17, 15) is 0 Å². The maximum atomic E-state index is 6.90. The van der Waals surface area contributed by atoms with E-state index in [0.29, 0.717) is 0 Å². The van der Waals surface area contributed by atoms with Gasteiger partial charge in [-0.05, 0) is 98.4 Å². The fourth-order valence-corrected chi connectivity index (χ4v) is 9.32. The lowest BCUT2D eigenvalue weighted by atomic mass is 9.94. The van der Waals surface area contributed by atoms with Crippen LogP contribution in [0.5, 0.6) is 0 Å². The van der Waals surface area contributed by atoms with Crippen LogP contribution in [0.15, 0.2) is 223 Å². The fourth-order valence-electron chi connectivity index (χ4n) is 9.32. The molecule has 3 heteroatoms. The number of furan rings is 1. The van der Waals surface area contributed by atoms with Crippen molar-refractivity contribution in [3.63, 3.8) is 0 Å². The lowest BCUT2D eigenvalue weighted by Gasteiger charge is -2.26. The van der Waals surface area contributed by atoms with Crippen LogP contribution in [0.2, 0.25) is 0 Å². The van der Waals surface area contributed by atoms with E-state index in [4.69, 9.17) is 4.42 Å². The summed E-state index contributed by atoms with van der Waals surface area (Å²) < 4.78 is 9.32. The number of hydrogen-bond donors (Lipinski definition) is 0. The highest BCUT2D eigenvalue weighted by Crippen LogP contribution is 2.46. The quantitative estimate of drug-likeness (QED) is 0.169. The zero-order chi connectivity index (χ0) is 38.9. The van der Waals surface area contributed by atoms with Crippen molar-refractivity contribution in [2.45, 2.75) is 0 Å². The molecule has 10 aromatic carbocycles. The largest absolute Gasteiger partial charge is 0.454 e. The lowest BCUT2D eigenvalue weighted by Crippen LogP contribution is -2.10.